The molecule has 0 unspecified atom stereocenters. The third-order valence-corrected chi connectivity index (χ3v) is 8.94. The zero-order valence-corrected chi connectivity index (χ0v) is 28.8. The molecule has 1 heterocycles. The van der Waals surface area contributed by atoms with Gasteiger partial charge in [-0.2, -0.15) is 0 Å². The first-order valence-electron chi connectivity index (χ1n) is 15.3. The van der Waals surface area contributed by atoms with E-state index in [1.54, 1.807) is 0 Å². The van der Waals surface area contributed by atoms with Crippen LogP contribution < -0.4 is 0 Å². The van der Waals surface area contributed by atoms with Gasteiger partial charge in [-0.15, -0.1) is 0 Å². The summed E-state index contributed by atoms with van der Waals surface area (Å²) in [6.45, 7) is 1.88. The maximum atomic E-state index is 13.2. The van der Waals surface area contributed by atoms with Gasteiger partial charge in [-0.05, 0) is 39.9 Å². The van der Waals surface area contributed by atoms with E-state index in [1.165, 1.54) is 0 Å². The van der Waals surface area contributed by atoms with Crippen molar-refractivity contribution in [2.75, 3.05) is 0 Å². The topological polar surface area (TPSA) is 58.9 Å². The number of hydrogen-bond acceptors (Lipinski definition) is 4. The summed E-state index contributed by atoms with van der Waals surface area (Å²) in [5.41, 5.74) is -0.0491. The number of rotatable bonds is 7. The quantitative estimate of drug-likeness (QED) is 0.164. The monoisotopic (exact) mass is 696 g/mol. The van der Waals surface area contributed by atoms with Crippen molar-refractivity contribution in [3.8, 4) is 0 Å². The number of fused-ring (bicyclic) bond motifs is 1. The summed E-state index contributed by atoms with van der Waals surface area (Å²) >= 11 is -0.556. The summed E-state index contributed by atoms with van der Waals surface area (Å²) < 4.78 is 14.2. The van der Waals surface area contributed by atoms with Crippen molar-refractivity contribution in [2.24, 2.45) is 0 Å². The Labute approximate surface area is 292 Å². The average molecular weight is 697 g/mol. The molecular formula is C40H34Cl2O4Ti. The van der Waals surface area contributed by atoms with Crippen molar-refractivity contribution in [1.82, 2.24) is 0 Å². The van der Waals surface area contributed by atoms with Gasteiger partial charge in [-0.3, -0.25) is 0 Å². The number of hydrogen-bond donors (Lipinski definition) is 2. The van der Waals surface area contributed by atoms with Crippen LogP contribution in [0.25, 0.3) is 10.8 Å². The summed E-state index contributed by atoms with van der Waals surface area (Å²) in [6, 6.07) is 52.2. The van der Waals surface area contributed by atoms with Crippen molar-refractivity contribution < 1.29 is 36.7 Å². The van der Waals surface area contributed by atoms with E-state index >= 15 is 0 Å². The van der Waals surface area contributed by atoms with Crippen molar-refractivity contribution in [2.45, 2.75) is 36.1 Å². The van der Waals surface area contributed by atoms with Crippen LogP contribution in [0.15, 0.2) is 164 Å². The summed E-state index contributed by atoms with van der Waals surface area (Å²) in [5, 5.41) is 28.3. The Balaban J connectivity index is 0.00000124. The molecule has 0 amide bonds. The van der Waals surface area contributed by atoms with Crippen molar-refractivity contribution in [3.05, 3.63) is 192 Å². The van der Waals surface area contributed by atoms with E-state index in [9.17, 15) is 10.2 Å². The van der Waals surface area contributed by atoms with Crippen LogP contribution in [-0.4, -0.2) is 22.4 Å². The zero-order chi connectivity index (χ0) is 32.9. The first kappa shape index (κ1) is 33.6. The number of ether oxygens (including phenoxy) is 2. The standard InChI is InChI=1S/C40H34O4.2ClH.Ti/c1-38(35-28-16-18-29-17-14-15-27-34(29)35)43-36(39(41,30-19-6-2-7-20-30)31-21-8-3-9-22-31)37(44-38)40(42,32-23-10-4-11-24-32)33-25-12-5-13-26-33;;;/h2-28,36-37,41-42H,1H3;2*1H;/q;;;+2/p-2/t36-,37-;;;/m1.../s1. The minimum atomic E-state index is -1.70. The van der Waals surface area contributed by atoms with E-state index in [4.69, 9.17) is 28.1 Å². The van der Waals surface area contributed by atoms with Gasteiger partial charge in [0.15, 0.2) is 5.79 Å². The molecule has 6 aromatic carbocycles. The summed E-state index contributed by atoms with van der Waals surface area (Å²) in [5.74, 6) is -1.33. The Kier molecular flexibility index (Phi) is 10.3. The molecule has 1 saturated heterocycles. The van der Waals surface area contributed by atoms with Crippen LogP contribution in [0.3, 0.4) is 0 Å². The van der Waals surface area contributed by atoms with E-state index in [1.807, 2.05) is 159 Å². The second-order valence-corrected chi connectivity index (χ2v) is 14.2. The van der Waals surface area contributed by atoms with Gasteiger partial charge in [0, 0.05) is 5.56 Å². The molecule has 2 N–H and O–H groups in total. The molecule has 47 heavy (non-hydrogen) atoms. The molecule has 1 aliphatic rings. The summed E-state index contributed by atoms with van der Waals surface area (Å²) in [6.07, 6.45) is -2.11. The van der Waals surface area contributed by atoms with E-state index in [-0.39, 0.29) is 0 Å². The molecule has 2 atom stereocenters. The summed E-state index contributed by atoms with van der Waals surface area (Å²) in [4.78, 5) is 0. The average Bonchev–Trinajstić information content (AvgIpc) is 3.52. The SMILES string of the molecule is CC1(c2cccc3ccccc23)O[C@@H](C(O)(c2ccccc2)c2ccccc2)[C@H](C(O)(c2ccccc2)c2ccccc2)O1.[Cl][Ti][Cl]. The van der Waals surface area contributed by atoms with Crippen molar-refractivity contribution >= 4 is 29.4 Å². The van der Waals surface area contributed by atoms with Crippen LogP contribution in [-0.2, 0) is 43.5 Å². The Bertz CT molecular complexity index is 1710. The Hall–Kier alpha value is -3.29. The molecule has 4 nitrogen and oxygen atoms in total. The molecule has 6 aromatic rings. The third-order valence-electron chi connectivity index (χ3n) is 8.94. The molecule has 0 spiro atoms. The van der Waals surface area contributed by atoms with Gasteiger partial charge in [-0.1, -0.05) is 164 Å². The first-order chi connectivity index (χ1) is 22.9. The van der Waals surface area contributed by atoms with Gasteiger partial charge in [0.05, 0.1) is 0 Å². The first-order valence-corrected chi connectivity index (χ1v) is 19.6. The molecule has 1 aliphatic heterocycles. The van der Waals surface area contributed by atoms with Gasteiger partial charge in [0.1, 0.15) is 23.4 Å². The minimum absolute atomic E-state index is 0.556. The fraction of sp³-hybridized carbons (Fsp3) is 0.150. The van der Waals surface area contributed by atoms with Crippen LogP contribution >= 0.6 is 18.6 Å². The van der Waals surface area contributed by atoms with E-state index in [0.29, 0.717) is 22.3 Å². The van der Waals surface area contributed by atoms with Gasteiger partial charge in [-0.25, -0.2) is 0 Å². The Morgan fingerprint density at radius 2 is 0.830 bits per heavy atom. The van der Waals surface area contributed by atoms with Crippen LogP contribution in [0, 0.1) is 0 Å². The molecule has 0 radical (unpaired) electrons. The van der Waals surface area contributed by atoms with Crippen molar-refractivity contribution in [1.29, 1.82) is 0 Å². The van der Waals surface area contributed by atoms with E-state index < -0.39 is 46.2 Å². The number of aliphatic hydroxyl groups is 2. The van der Waals surface area contributed by atoms with Crippen LogP contribution in [0.4, 0.5) is 0 Å². The Morgan fingerprint density at radius 1 is 0.511 bits per heavy atom. The maximum absolute atomic E-state index is 13.2. The fourth-order valence-electron chi connectivity index (χ4n) is 6.75. The second-order valence-electron chi connectivity index (χ2n) is 11.6. The molecule has 0 bridgehead atoms. The molecular weight excluding hydrogens is 663 g/mol. The molecule has 0 aliphatic carbocycles. The van der Waals surface area contributed by atoms with E-state index in [0.717, 1.165) is 16.3 Å². The van der Waals surface area contributed by atoms with Gasteiger partial charge < -0.3 is 19.7 Å². The molecule has 0 aromatic heterocycles. The fourth-order valence-corrected chi connectivity index (χ4v) is 6.75. The van der Waals surface area contributed by atoms with Gasteiger partial charge >= 0.3 is 35.6 Å². The second kappa shape index (κ2) is 14.5. The molecule has 7 heteroatoms. The summed E-state index contributed by atoms with van der Waals surface area (Å²) in [7, 11) is 9.78. The van der Waals surface area contributed by atoms with Crippen LogP contribution in [0.5, 0.6) is 0 Å². The number of benzene rings is 6. The van der Waals surface area contributed by atoms with Crippen LogP contribution in [0.1, 0.15) is 34.7 Å². The normalized spacial score (nSPS) is 17.5. The number of halogens is 2. The van der Waals surface area contributed by atoms with Crippen LogP contribution in [0.2, 0.25) is 0 Å². The third kappa shape index (κ3) is 6.34. The Morgan fingerprint density at radius 3 is 1.21 bits per heavy atom. The van der Waals surface area contributed by atoms with E-state index in [2.05, 4.69) is 12.1 Å². The predicted molar refractivity (Wildman–Crippen MR) is 185 cm³/mol. The molecule has 0 saturated carbocycles. The predicted octanol–water partition coefficient (Wildman–Crippen LogP) is 9.05. The molecule has 1 fully saturated rings. The van der Waals surface area contributed by atoms with Gasteiger partial charge in [0.2, 0.25) is 0 Å². The molecule has 236 valence electrons. The van der Waals surface area contributed by atoms with Crippen molar-refractivity contribution in [3.63, 3.8) is 0 Å². The van der Waals surface area contributed by atoms with Gasteiger partial charge in [0.25, 0.3) is 0 Å². The zero-order valence-electron chi connectivity index (χ0n) is 25.7. The molecule has 7 rings (SSSR count).